The van der Waals surface area contributed by atoms with Gasteiger partial charge in [0.1, 0.15) is 6.04 Å². The molecule has 0 bridgehead atoms. The lowest BCUT2D eigenvalue weighted by Crippen LogP contribution is -2.36. The molecule has 0 aliphatic heterocycles. The third-order valence-electron chi connectivity index (χ3n) is 2.90. The van der Waals surface area contributed by atoms with E-state index in [9.17, 15) is 9.59 Å². The van der Waals surface area contributed by atoms with Gasteiger partial charge in [0, 0.05) is 20.0 Å². The summed E-state index contributed by atoms with van der Waals surface area (Å²) in [6.07, 6.45) is 0.866. The minimum atomic E-state index is -0.663. The third kappa shape index (κ3) is 4.71. The normalized spacial score (nSPS) is 11.7. The van der Waals surface area contributed by atoms with Crippen LogP contribution >= 0.6 is 0 Å². The predicted octanol–water partition coefficient (Wildman–Crippen LogP) is 1.10. The first kappa shape index (κ1) is 15.2. The second kappa shape index (κ2) is 7.53. The Hall–Kier alpha value is -1.88. The summed E-state index contributed by atoms with van der Waals surface area (Å²) >= 11 is 0. The van der Waals surface area contributed by atoms with Gasteiger partial charge in [-0.25, -0.2) is 0 Å². The Morgan fingerprint density at radius 3 is 2.53 bits per heavy atom. The van der Waals surface area contributed by atoms with Crippen LogP contribution in [0.1, 0.15) is 24.4 Å². The number of carbonyl (C=O) groups is 2. The van der Waals surface area contributed by atoms with Crippen LogP contribution < -0.4 is 5.73 Å². The molecule has 104 valence electrons. The number of nitrogens with zero attached hydrogens (tertiary/aromatic N) is 1. The molecule has 0 heterocycles. The molecule has 2 N–H and O–H groups in total. The summed E-state index contributed by atoms with van der Waals surface area (Å²) in [5.41, 5.74) is 6.70. The van der Waals surface area contributed by atoms with Crippen molar-refractivity contribution in [1.82, 2.24) is 4.90 Å². The summed E-state index contributed by atoms with van der Waals surface area (Å²) in [4.78, 5) is 24.6. The topological polar surface area (TPSA) is 72.6 Å². The zero-order valence-electron chi connectivity index (χ0n) is 11.3. The third-order valence-corrected chi connectivity index (χ3v) is 2.90. The number of hydrogen-bond donors (Lipinski definition) is 1. The van der Waals surface area contributed by atoms with Gasteiger partial charge in [-0.15, -0.1) is 0 Å². The highest BCUT2D eigenvalue weighted by Crippen LogP contribution is 2.12. The monoisotopic (exact) mass is 264 g/mol. The van der Waals surface area contributed by atoms with Crippen LogP contribution in [0.25, 0.3) is 0 Å². The number of esters is 1. The molecule has 0 saturated carbocycles. The van der Waals surface area contributed by atoms with E-state index in [0.717, 1.165) is 5.56 Å². The number of hydrogen-bond acceptors (Lipinski definition) is 4. The fourth-order valence-electron chi connectivity index (χ4n) is 1.71. The van der Waals surface area contributed by atoms with Crippen molar-refractivity contribution in [3.63, 3.8) is 0 Å². The van der Waals surface area contributed by atoms with Gasteiger partial charge in [0.15, 0.2) is 0 Å². The quantitative estimate of drug-likeness (QED) is 0.781. The zero-order valence-corrected chi connectivity index (χ0v) is 11.3. The van der Waals surface area contributed by atoms with Gasteiger partial charge in [-0.1, -0.05) is 30.3 Å². The van der Waals surface area contributed by atoms with Crippen molar-refractivity contribution in [2.45, 2.75) is 18.9 Å². The van der Waals surface area contributed by atoms with Crippen LogP contribution in [0.4, 0.5) is 0 Å². The Labute approximate surface area is 113 Å². The average molecular weight is 264 g/mol. The molecule has 1 atom stereocenters. The van der Waals surface area contributed by atoms with Gasteiger partial charge in [-0.05, 0) is 12.0 Å². The van der Waals surface area contributed by atoms with E-state index in [0.29, 0.717) is 19.4 Å². The van der Waals surface area contributed by atoms with Gasteiger partial charge < -0.3 is 15.4 Å². The fourth-order valence-corrected chi connectivity index (χ4v) is 1.71. The van der Waals surface area contributed by atoms with Crippen LogP contribution in [0.5, 0.6) is 0 Å². The first-order chi connectivity index (χ1) is 9.06. The van der Waals surface area contributed by atoms with Crippen molar-refractivity contribution in [2.75, 3.05) is 20.7 Å². The largest absolute Gasteiger partial charge is 0.469 e. The number of amides is 1. The van der Waals surface area contributed by atoms with E-state index in [-0.39, 0.29) is 11.9 Å². The van der Waals surface area contributed by atoms with Gasteiger partial charge in [0.05, 0.1) is 7.11 Å². The summed E-state index contributed by atoms with van der Waals surface area (Å²) < 4.78 is 4.54. The molecule has 0 aromatic heterocycles. The lowest BCUT2D eigenvalue weighted by molar-refractivity contribution is -0.141. The summed E-state index contributed by atoms with van der Waals surface area (Å²) in [7, 11) is 3.03. The number of ether oxygens (including phenoxy) is 1. The molecule has 1 rings (SSSR count). The van der Waals surface area contributed by atoms with Crippen molar-refractivity contribution in [2.24, 2.45) is 5.73 Å². The highest BCUT2D eigenvalue weighted by atomic mass is 16.5. The molecule has 1 amide bonds. The number of methoxy groups -OCH3 is 1. The van der Waals surface area contributed by atoms with E-state index < -0.39 is 6.04 Å². The smallest absolute Gasteiger partial charge is 0.305 e. The average Bonchev–Trinajstić information content (AvgIpc) is 2.46. The number of nitrogens with two attached hydrogens (primary N) is 1. The van der Waals surface area contributed by atoms with Gasteiger partial charge in [-0.3, -0.25) is 9.59 Å². The highest BCUT2D eigenvalue weighted by molar-refractivity contribution is 5.82. The molecule has 19 heavy (non-hydrogen) atoms. The Morgan fingerprint density at radius 2 is 1.95 bits per heavy atom. The maximum absolute atomic E-state index is 12.1. The summed E-state index contributed by atoms with van der Waals surface area (Å²) in [6.45, 7) is 0.481. The first-order valence-corrected chi connectivity index (χ1v) is 6.18. The van der Waals surface area contributed by atoms with E-state index in [1.54, 1.807) is 11.9 Å². The fraction of sp³-hybridized carbons (Fsp3) is 0.429. The van der Waals surface area contributed by atoms with Crippen LogP contribution in [0.3, 0.4) is 0 Å². The number of likely N-dealkylation sites (N-methyl/N-ethyl adjacent to an activating group) is 1. The van der Waals surface area contributed by atoms with E-state index in [2.05, 4.69) is 4.74 Å². The molecule has 0 aliphatic rings. The zero-order chi connectivity index (χ0) is 14.3. The Morgan fingerprint density at radius 1 is 1.32 bits per heavy atom. The van der Waals surface area contributed by atoms with Crippen LogP contribution in [0.2, 0.25) is 0 Å². The molecule has 0 spiro atoms. The van der Waals surface area contributed by atoms with E-state index in [1.165, 1.54) is 7.11 Å². The Bertz CT molecular complexity index is 420. The van der Waals surface area contributed by atoms with Crippen molar-refractivity contribution in [1.29, 1.82) is 0 Å². The minimum absolute atomic E-state index is 0.156. The van der Waals surface area contributed by atoms with Crippen LogP contribution in [0, 0.1) is 0 Å². The molecule has 5 nitrogen and oxygen atoms in total. The number of rotatable bonds is 6. The van der Waals surface area contributed by atoms with Gasteiger partial charge >= 0.3 is 5.97 Å². The lowest BCUT2D eigenvalue weighted by atomic mass is 10.1. The van der Waals surface area contributed by atoms with Crippen LogP contribution in [-0.4, -0.2) is 37.5 Å². The number of benzene rings is 1. The second-order valence-electron chi connectivity index (χ2n) is 4.33. The van der Waals surface area contributed by atoms with Crippen molar-refractivity contribution >= 4 is 11.9 Å². The lowest BCUT2D eigenvalue weighted by Gasteiger charge is -2.21. The molecule has 0 aliphatic carbocycles. The molecule has 0 saturated heterocycles. The molecule has 1 aromatic carbocycles. The molecular weight excluding hydrogens is 244 g/mol. The molecule has 0 fully saturated rings. The van der Waals surface area contributed by atoms with Crippen LogP contribution in [-0.2, 0) is 14.3 Å². The van der Waals surface area contributed by atoms with Crippen LogP contribution in [0.15, 0.2) is 30.3 Å². The maximum atomic E-state index is 12.1. The predicted molar refractivity (Wildman–Crippen MR) is 72.3 cm³/mol. The van der Waals surface area contributed by atoms with E-state index in [1.807, 2.05) is 30.3 Å². The molecule has 1 aromatic rings. The van der Waals surface area contributed by atoms with Crippen molar-refractivity contribution in [3.8, 4) is 0 Å². The minimum Gasteiger partial charge on any atom is -0.469 e. The van der Waals surface area contributed by atoms with Crippen molar-refractivity contribution < 1.29 is 14.3 Å². The highest BCUT2D eigenvalue weighted by Gasteiger charge is 2.19. The van der Waals surface area contributed by atoms with Crippen molar-refractivity contribution in [3.05, 3.63) is 35.9 Å². The number of carbonyl (C=O) groups excluding carboxylic acids is 2. The Balaban J connectivity index is 2.46. The standard InChI is InChI=1S/C14H20N2O3/c1-16(10-6-9-12(17)19-2)14(18)13(15)11-7-4-3-5-8-11/h3-5,7-8,13H,6,9-10,15H2,1-2H3. The van der Waals surface area contributed by atoms with E-state index in [4.69, 9.17) is 5.73 Å². The first-order valence-electron chi connectivity index (χ1n) is 6.18. The molecule has 1 unspecified atom stereocenters. The molecule has 5 heteroatoms. The van der Waals surface area contributed by atoms with E-state index >= 15 is 0 Å². The molecular formula is C14H20N2O3. The summed E-state index contributed by atoms with van der Waals surface area (Å²) in [5, 5.41) is 0. The van der Waals surface area contributed by atoms with Gasteiger partial charge in [0.2, 0.25) is 5.91 Å². The van der Waals surface area contributed by atoms with Gasteiger partial charge in [0.25, 0.3) is 0 Å². The summed E-state index contributed by atoms with van der Waals surface area (Å²) in [5.74, 6) is -0.427. The molecule has 0 radical (unpaired) electrons. The summed E-state index contributed by atoms with van der Waals surface area (Å²) in [6, 6.07) is 8.56. The van der Waals surface area contributed by atoms with Gasteiger partial charge in [-0.2, -0.15) is 0 Å². The Kier molecular flexibility index (Phi) is 6.02. The SMILES string of the molecule is COC(=O)CCCN(C)C(=O)C(N)c1ccccc1. The second-order valence-corrected chi connectivity index (χ2v) is 4.33. The maximum Gasteiger partial charge on any atom is 0.305 e.